The molecule has 0 spiro atoms. The average molecular weight is 412 g/mol. The molecule has 2 aromatic heterocycles. The molecule has 0 saturated carbocycles. The van der Waals surface area contributed by atoms with Gasteiger partial charge in [-0.2, -0.15) is 0 Å². The molecule has 0 aliphatic carbocycles. The van der Waals surface area contributed by atoms with Gasteiger partial charge in [-0.05, 0) is 66.4 Å². The summed E-state index contributed by atoms with van der Waals surface area (Å²) in [5.74, 6) is 2.35. The lowest BCUT2D eigenvalue weighted by atomic mass is 9.96. The Morgan fingerprint density at radius 3 is 2.77 bits per heavy atom. The number of hydrogen-bond acceptors (Lipinski definition) is 6. The Morgan fingerprint density at radius 1 is 1.10 bits per heavy atom. The fourth-order valence-electron chi connectivity index (χ4n) is 4.21. The van der Waals surface area contributed by atoms with Crippen molar-refractivity contribution in [3.8, 4) is 16.8 Å². The van der Waals surface area contributed by atoms with Gasteiger partial charge in [-0.25, -0.2) is 4.98 Å². The van der Waals surface area contributed by atoms with E-state index in [0.29, 0.717) is 5.82 Å². The molecule has 0 fully saturated rings. The largest absolute Gasteiger partial charge is 0.392 e. The number of benzene rings is 2. The van der Waals surface area contributed by atoms with Crippen molar-refractivity contribution in [1.29, 1.82) is 0 Å². The van der Waals surface area contributed by atoms with Gasteiger partial charge >= 0.3 is 0 Å². The number of pyridine rings is 1. The fraction of sp³-hybridized carbons (Fsp3) is 0.208. The number of nitrogens with zero attached hydrogens (tertiary/aromatic N) is 4. The molecule has 4 N–H and O–H groups in total. The molecule has 31 heavy (non-hydrogen) atoms. The number of hydrogen-bond donors (Lipinski definition) is 3. The first-order valence-corrected chi connectivity index (χ1v) is 10.4. The van der Waals surface area contributed by atoms with Crippen LogP contribution in [0.25, 0.3) is 16.8 Å². The third-order valence-corrected chi connectivity index (χ3v) is 5.76. The third kappa shape index (κ3) is 3.64. The highest BCUT2D eigenvalue weighted by atomic mass is 16.3. The number of nitrogen functional groups attached to an aromatic ring is 1. The predicted octanol–water partition coefficient (Wildman–Crippen LogP) is 3.81. The van der Waals surface area contributed by atoms with Gasteiger partial charge in [0.1, 0.15) is 17.5 Å². The topological polar surface area (TPSA) is 102 Å². The highest BCUT2D eigenvalue weighted by Gasteiger charge is 2.25. The second-order valence-electron chi connectivity index (χ2n) is 7.84. The van der Waals surface area contributed by atoms with Crippen molar-refractivity contribution in [3.05, 3.63) is 83.6 Å². The normalized spacial score (nSPS) is 15.1. The molecule has 7 heteroatoms. The molecular formula is C24H24N6O. The summed E-state index contributed by atoms with van der Waals surface area (Å²) in [6, 6.07) is 18.2. The molecule has 2 aromatic carbocycles. The second kappa shape index (κ2) is 7.85. The van der Waals surface area contributed by atoms with Crippen molar-refractivity contribution in [1.82, 2.24) is 19.7 Å². The van der Waals surface area contributed by atoms with Crippen LogP contribution in [0, 0.1) is 6.92 Å². The van der Waals surface area contributed by atoms with Crippen LogP contribution in [0.4, 0.5) is 11.5 Å². The maximum Gasteiger partial charge on any atom is 0.137 e. The number of aryl methyl sites for hydroxylation is 2. The zero-order valence-electron chi connectivity index (χ0n) is 17.3. The molecule has 1 atom stereocenters. The summed E-state index contributed by atoms with van der Waals surface area (Å²) in [5.41, 5.74) is 12.0. The van der Waals surface area contributed by atoms with Crippen LogP contribution in [-0.4, -0.2) is 24.9 Å². The van der Waals surface area contributed by atoms with Crippen molar-refractivity contribution < 1.29 is 5.11 Å². The van der Waals surface area contributed by atoms with Crippen LogP contribution in [0.3, 0.4) is 0 Å². The monoisotopic (exact) mass is 412 g/mol. The van der Waals surface area contributed by atoms with Crippen molar-refractivity contribution in [2.75, 3.05) is 11.1 Å². The van der Waals surface area contributed by atoms with Crippen LogP contribution in [0.1, 0.15) is 35.2 Å². The van der Waals surface area contributed by atoms with E-state index in [4.69, 9.17) is 5.73 Å². The summed E-state index contributed by atoms with van der Waals surface area (Å²) in [6.07, 6.45) is 3.49. The minimum Gasteiger partial charge on any atom is -0.392 e. The maximum absolute atomic E-state index is 9.51. The molecule has 156 valence electrons. The molecule has 0 saturated heterocycles. The second-order valence-corrected chi connectivity index (χ2v) is 7.84. The quantitative estimate of drug-likeness (QED) is 0.471. The van der Waals surface area contributed by atoms with E-state index in [9.17, 15) is 5.11 Å². The predicted molar refractivity (Wildman–Crippen MR) is 121 cm³/mol. The van der Waals surface area contributed by atoms with E-state index in [1.54, 1.807) is 6.20 Å². The lowest BCUT2D eigenvalue weighted by Crippen LogP contribution is -2.13. The van der Waals surface area contributed by atoms with Gasteiger partial charge in [0.2, 0.25) is 0 Å². The van der Waals surface area contributed by atoms with Gasteiger partial charge in [-0.15, -0.1) is 10.2 Å². The highest BCUT2D eigenvalue weighted by Crippen LogP contribution is 2.36. The number of aliphatic hydroxyl groups excluding tert-OH is 1. The van der Waals surface area contributed by atoms with Gasteiger partial charge in [-0.3, -0.25) is 4.57 Å². The Hall–Kier alpha value is -3.71. The lowest BCUT2D eigenvalue weighted by Gasteiger charge is -2.22. The van der Waals surface area contributed by atoms with Crippen LogP contribution < -0.4 is 11.1 Å². The minimum atomic E-state index is 0.0191. The molecule has 1 unspecified atom stereocenters. The molecular weight excluding hydrogens is 388 g/mol. The Labute approximate surface area is 180 Å². The van der Waals surface area contributed by atoms with E-state index in [1.807, 2.05) is 43.3 Å². The van der Waals surface area contributed by atoms with Gasteiger partial charge in [0.05, 0.1) is 18.3 Å². The van der Waals surface area contributed by atoms with Crippen LogP contribution in [0.15, 0.2) is 60.8 Å². The minimum absolute atomic E-state index is 0.0191. The molecule has 5 rings (SSSR count). The van der Waals surface area contributed by atoms with E-state index < -0.39 is 0 Å². The summed E-state index contributed by atoms with van der Waals surface area (Å²) in [5, 5.41) is 21.9. The average Bonchev–Trinajstić information content (AvgIpc) is 3.09. The summed E-state index contributed by atoms with van der Waals surface area (Å²) >= 11 is 0. The van der Waals surface area contributed by atoms with Gasteiger partial charge in [0.15, 0.2) is 0 Å². The van der Waals surface area contributed by atoms with Gasteiger partial charge < -0.3 is 16.2 Å². The number of nitrogens with one attached hydrogen (secondary N) is 1. The van der Waals surface area contributed by atoms with E-state index in [0.717, 1.165) is 52.6 Å². The molecule has 1 aliphatic heterocycles. The summed E-state index contributed by atoms with van der Waals surface area (Å²) in [4.78, 5) is 4.25. The Bertz CT molecular complexity index is 1230. The number of rotatable bonds is 4. The number of nitrogens with two attached hydrogens (primary N) is 1. The molecule has 0 amide bonds. The first-order valence-electron chi connectivity index (χ1n) is 10.4. The molecule has 7 nitrogen and oxygen atoms in total. The zero-order valence-corrected chi connectivity index (χ0v) is 17.3. The van der Waals surface area contributed by atoms with E-state index in [1.165, 1.54) is 5.56 Å². The molecule has 3 heterocycles. The third-order valence-electron chi connectivity index (χ3n) is 5.76. The van der Waals surface area contributed by atoms with Crippen molar-refractivity contribution in [2.24, 2.45) is 0 Å². The first kappa shape index (κ1) is 19.3. The van der Waals surface area contributed by atoms with Gasteiger partial charge in [0, 0.05) is 23.9 Å². The Morgan fingerprint density at radius 2 is 1.97 bits per heavy atom. The number of anilines is 2. The van der Waals surface area contributed by atoms with Crippen molar-refractivity contribution in [3.63, 3.8) is 0 Å². The fourth-order valence-corrected chi connectivity index (χ4v) is 4.21. The number of fused-ring (bicyclic) bond motifs is 3. The Kier molecular flexibility index (Phi) is 4.88. The summed E-state index contributed by atoms with van der Waals surface area (Å²) < 4.78 is 2.15. The van der Waals surface area contributed by atoms with E-state index in [2.05, 4.69) is 43.3 Å². The van der Waals surface area contributed by atoms with Crippen molar-refractivity contribution in [2.45, 2.75) is 32.4 Å². The zero-order chi connectivity index (χ0) is 21.4. The lowest BCUT2D eigenvalue weighted by molar-refractivity contribution is 0.282. The molecule has 1 aliphatic rings. The summed E-state index contributed by atoms with van der Waals surface area (Å²) in [6.45, 7) is 2.00. The van der Waals surface area contributed by atoms with E-state index in [-0.39, 0.29) is 12.6 Å². The molecule has 4 aromatic rings. The van der Waals surface area contributed by atoms with Crippen LogP contribution in [-0.2, 0) is 13.0 Å². The summed E-state index contributed by atoms with van der Waals surface area (Å²) in [7, 11) is 0. The SMILES string of the molecule is Cc1nnc2n1-c1ccc(-c3ccc(N)nc3)cc1C(Nc1cccc(CO)c1)CC2. The Balaban J connectivity index is 1.61. The first-order chi connectivity index (χ1) is 15.1. The highest BCUT2D eigenvalue weighted by molar-refractivity contribution is 5.68. The number of aromatic nitrogens is 4. The van der Waals surface area contributed by atoms with Crippen LogP contribution >= 0.6 is 0 Å². The molecule has 0 bridgehead atoms. The van der Waals surface area contributed by atoms with E-state index >= 15 is 0 Å². The molecule has 0 radical (unpaired) electrons. The van der Waals surface area contributed by atoms with Crippen LogP contribution in [0.5, 0.6) is 0 Å². The van der Waals surface area contributed by atoms with Crippen molar-refractivity contribution >= 4 is 11.5 Å². The van der Waals surface area contributed by atoms with Gasteiger partial charge in [0.25, 0.3) is 0 Å². The van der Waals surface area contributed by atoms with Crippen LogP contribution in [0.2, 0.25) is 0 Å². The standard InChI is InChI=1S/C24H24N6O/c1-15-28-29-24-10-7-21(27-19-4-2-3-16(11-19)14-31)20-12-17(5-8-22(20)30(15)24)18-6-9-23(25)26-13-18/h2-6,8-9,11-13,21,27,31H,7,10,14H2,1H3,(H2,25,26). The number of aliphatic hydroxyl groups is 1. The maximum atomic E-state index is 9.51. The smallest absolute Gasteiger partial charge is 0.137 e. The van der Waals surface area contributed by atoms with Gasteiger partial charge in [-0.1, -0.05) is 18.2 Å².